The molecule has 0 N–H and O–H groups in total. The van der Waals surface area contributed by atoms with Crippen LogP contribution in [0.1, 0.15) is 37.7 Å². The second kappa shape index (κ2) is 10.5. The van der Waals surface area contributed by atoms with Crippen LogP contribution in [-0.2, 0) is 4.79 Å². The summed E-state index contributed by atoms with van der Waals surface area (Å²) in [4.78, 5) is 17.1. The number of methoxy groups -OCH3 is 1. The van der Waals surface area contributed by atoms with Crippen LogP contribution in [-0.4, -0.2) is 69.8 Å². The number of benzene rings is 1. The molecule has 1 fully saturated rings. The van der Waals surface area contributed by atoms with Crippen molar-refractivity contribution >= 4 is 12.0 Å². The summed E-state index contributed by atoms with van der Waals surface area (Å²) in [6, 6.07) is 3.77. The molecule has 0 radical (unpaired) electrons. The molecule has 1 aromatic rings. The molecule has 2 aliphatic rings. The first kappa shape index (κ1) is 21.5. The molecule has 0 unspecified atom stereocenters. The molecule has 1 saturated carbocycles. The van der Waals surface area contributed by atoms with Crippen molar-refractivity contribution in [2.45, 2.75) is 32.1 Å². The van der Waals surface area contributed by atoms with Gasteiger partial charge in [0.05, 0.1) is 7.11 Å². The summed E-state index contributed by atoms with van der Waals surface area (Å²) in [6.45, 7) is 3.49. The molecule has 1 aliphatic heterocycles. The van der Waals surface area contributed by atoms with Gasteiger partial charge in [0, 0.05) is 25.7 Å². The van der Waals surface area contributed by atoms with E-state index >= 15 is 0 Å². The number of carbonyl (C=O) groups excluding carboxylic acids is 1. The number of amides is 1. The third-order valence-electron chi connectivity index (χ3n) is 5.60. The lowest BCUT2D eigenvalue weighted by atomic mass is 9.89. The molecule has 6 heteroatoms. The molecule has 1 aliphatic carbocycles. The van der Waals surface area contributed by atoms with Crippen LogP contribution in [0.5, 0.6) is 17.2 Å². The lowest BCUT2D eigenvalue weighted by molar-refractivity contribution is -0.126. The fourth-order valence-electron chi connectivity index (χ4n) is 3.96. The molecule has 6 nitrogen and oxygen atoms in total. The van der Waals surface area contributed by atoms with Gasteiger partial charge in [-0.25, -0.2) is 0 Å². The molecule has 0 atom stereocenters. The average molecular weight is 403 g/mol. The largest absolute Gasteiger partial charge is 0.493 e. The summed E-state index contributed by atoms with van der Waals surface area (Å²) in [5.74, 6) is 2.60. The van der Waals surface area contributed by atoms with Crippen LogP contribution in [0.15, 0.2) is 18.2 Å². The molecule has 1 aromatic carbocycles. The summed E-state index contributed by atoms with van der Waals surface area (Å²) < 4.78 is 16.8. The van der Waals surface area contributed by atoms with E-state index in [1.54, 1.807) is 13.2 Å². The standard InChI is InChI=1S/C23H34N2O4/c1-24(2)11-12-25(17-18-7-5-4-6-8-18)22(26)10-9-19-15-20(27-3)23-21(16-19)28-13-14-29-23/h9-10,15-16,18H,4-8,11-14,17H2,1-3H3. The van der Waals surface area contributed by atoms with Crippen molar-refractivity contribution in [3.05, 3.63) is 23.8 Å². The van der Waals surface area contributed by atoms with Crippen LogP contribution in [0.4, 0.5) is 0 Å². The zero-order valence-corrected chi connectivity index (χ0v) is 18.0. The van der Waals surface area contributed by atoms with Gasteiger partial charge in [0.15, 0.2) is 11.5 Å². The van der Waals surface area contributed by atoms with Gasteiger partial charge in [-0.1, -0.05) is 19.3 Å². The highest BCUT2D eigenvalue weighted by molar-refractivity contribution is 5.92. The molecule has 0 spiro atoms. The first-order chi connectivity index (χ1) is 14.1. The predicted molar refractivity (Wildman–Crippen MR) is 115 cm³/mol. The minimum absolute atomic E-state index is 0.0614. The molecular weight excluding hydrogens is 368 g/mol. The van der Waals surface area contributed by atoms with E-state index in [9.17, 15) is 4.79 Å². The highest BCUT2D eigenvalue weighted by atomic mass is 16.6. The minimum atomic E-state index is 0.0614. The van der Waals surface area contributed by atoms with Gasteiger partial charge in [0.2, 0.25) is 11.7 Å². The Bertz CT molecular complexity index is 694. The number of likely N-dealkylation sites (N-methyl/N-ethyl adjacent to an activating group) is 1. The number of nitrogens with zero attached hydrogens (tertiary/aromatic N) is 2. The highest BCUT2D eigenvalue weighted by Crippen LogP contribution is 2.40. The Balaban J connectivity index is 1.71. The highest BCUT2D eigenvalue weighted by Gasteiger charge is 2.21. The quantitative estimate of drug-likeness (QED) is 0.624. The molecule has 1 amide bonds. The van der Waals surface area contributed by atoms with Crippen LogP contribution in [0.3, 0.4) is 0 Å². The van der Waals surface area contributed by atoms with Gasteiger partial charge in [-0.05, 0) is 56.6 Å². The molecule has 0 bridgehead atoms. The van der Waals surface area contributed by atoms with Gasteiger partial charge in [-0.3, -0.25) is 4.79 Å². The first-order valence-corrected chi connectivity index (χ1v) is 10.7. The molecule has 0 saturated heterocycles. The summed E-state index contributed by atoms with van der Waals surface area (Å²) in [5, 5.41) is 0. The molecule has 0 aromatic heterocycles. The van der Waals surface area contributed by atoms with E-state index in [2.05, 4.69) is 4.90 Å². The van der Waals surface area contributed by atoms with Crippen molar-refractivity contribution in [2.75, 3.05) is 54.1 Å². The lowest BCUT2D eigenvalue weighted by Gasteiger charge is -2.30. The van der Waals surface area contributed by atoms with Crippen LogP contribution in [0, 0.1) is 5.92 Å². The number of rotatable bonds is 8. The van der Waals surface area contributed by atoms with Crippen molar-refractivity contribution in [3.8, 4) is 17.2 Å². The van der Waals surface area contributed by atoms with Crippen molar-refractivity contribution in [3.63, 3.8) is 0 Å². The van der Waals surface area contributed by atoms with Gasteiger partial charge >= 0.3 is 0 Å². The van der Waals surface area contributed by atoms with E-state index in [-0.39, 0.29) is 5.91 Å². The Morgan fingerprint density at radius 3 is 2.62 bits per heavy atom. The Labute approximate surface area is 174 Å². The fourth-order valence-corrected chi connectivity index (χ4v) is 3.96. The molecular formula is C23H34N2O4. The van der Waals surface area contributed by atoms with Crippen molar-refractivity contribution in [1.82, 2.24) is 9.80 Å². The van der Waals surface area contributed by atoms with E-state index < -0.39 is 0 Å². The molecule has 1 heterocycles. The lowest BCUT2D eigenvalue weighted by Crippen LogP contribution is -2.39. The van der Waals surface area contributed by atoms with Gasteiger partial charge in [0.25, 0.3) is 0 Å². The Morgan fingerprint density at radius 2 is 1.90 bits per heavy atom. The van der Waals surface area contributed by atoms with E-state index in [4.69, 9.17) is 14.2 Å². The maximum Gasteiger partial charge on any atom is 0.246 e. The topological polar surface area (TPSA) is 51.2 Å². The molecule has 3 rings (SSSR count). The van der Waals surface area contributed by atoms with Gasteiger partial charge in [-0.2, -0.15) is 0 Å². The smallest absolute Gasteiger partial charge is 0.246 e. The van der Waals surface area contributed by atoms with Gasteiger partial charge < -0.3 is 24.0 Å². The van der Waals surface area contributed by atoms with Gasteiger partial charge in [-0.15, -0.1) is 0 Å². The fraction of sp³-hybridized carbons (Fsp3) is 0.609. The maximum atomic E-state index is 13.0. The summed E-state index contributed by atoms with van der Waals surface area (Å²) in [7, 11) is 5.69. The summed E-state index contributed by atoms with van der Waals surface area (Å²) in [6.07, 6.45) is 9.87. The maximum absolute atomic E-state index is 13.0. The van der Waals surface area contributed by atoms with Crippen LogP contribution >= 0.6 is 0 Å². The third kappa shape index (κ3) is 6.13. The monoisotopic (exact) mass is 402 g/mol. The van der Waals surface area contributed by atoms with E-state index in [0.29, 0.717) is 36.4 Å². The first-order valence-electron chi connectivity index (χ1n) is 10.7. The van der Waals surface area contributed by atoms with E-state index in [0.717, 1.165) is 25.2 Å². The number of ether oxygens (including phenoxy) is 3. The second-order valence-corrected chi connectivity index (χ2v) is 8.17. The van der Waals surface area contributed by atoms with E-state index in [1.165, 1.54) is 32.1 Å². The third-order valence-corrected chi connectivity index (χ3v) is 5.60. The Morgan fingerprint density at radius 1 is 1.14 bits per heavy atom. The molecule has 29 heavy (non-hydrogen) atoms. The predicted octanol–water partition coefficient (Wildman–Crippen LogP) is 3.45. The average Bonchev–Trinajstić information content (AvgIpc) is 2.74. The van der Waals surface area contributed by atoms with Crippen LogP contribution in [0.2, 0.25) is 0 Å². The second-order valence-electron chi connectivity index (χ2n) is 8.17. The van der Waals surface area contributed by atoms with Crippen LogP contribution in [0.25, 0.3) is 6.08 Å². The van der Waals surface area contributed by atoms with Crippen molar-refractivity contribution in [1.29, 1.82) is 0 Å². The van der Waals surface area contributed by atoms with Crippen molar-refractivity contribution < 1.29 is 19.0 Å². The normalized spacial score (nSPS) is 17.0. The van der Waals surface area contributed by atoms with Crippen LogP contribution < -0.4 is 14.2 Å². The zero-order valence-electron chi connectivity index (χ0n) is 18.0. The Kier molecular flexibility index (Phi) is 7.81. The SMILES string of the molecule is COc1cc(C=CC(=O)N(CCN(C)C)CC2CCCCC2)cc2c1OCCO2. The summed E-state index contributed by atoms with van der Waals surface area (Å²) >= 11 is 0. The Hall–Kier alpha value is -2.21. The minimum Gasteiger partial charge on any atom is -0.493 e. The number of carbonyl (C=O) groups is 1. The number of hydrogen-bond donors (Lipinski definition) is 0. The number of fused-ring (bicyclic) bond motifs is 1. The van der Waals surface area contributed by atoms with E-state index in [1.807, 2.05) is 37.2 Å². The number of hydrogen-bond acceptors (Lipinski definition) is 5. The van der Waals surface area contributed by atoms with Crippen molar-refractivity contribution in [2.24, 2.45) is 5.92 Å². The summed E-state index contributed by atoms with van der Waals surface area (Å²) in [5.41, 5.74) is 0.865. The van der Waals surface area contributed by atoms with Gasteiger partial charge in [0.1, 0.15) is 13.2 Å². The zero-order chi connectivity index (χ0) is 20.6. The molecule has 160 valence electrons.